The number of pyridine rings is 1. The SMILES string of the molecule is Nc1c(C(=O)O)ccnc1Oc1cc(Br)ccc1Cl. The summed E-state index contributed by atoms with van der Waals surface area (Å²) in [6.45, 7) is 0. The van der Waals surface area contributed by atoms with Crippen molar-refractivity contribution in [1.82, 2.24) is 4.98 Å². The number of anilines is 1. The van der Waals surface area contributed by atoms with Crippen LogP contribution in [-0.4, -0.2) is 16.1 Å². The largest absolute Gasteiger partial charge is 0.478 e. The first kappa shape index (κ1) is 13.6. The number of benzene rings is 1. The summed E-state index contributed by atoms with van der Waals surface area (Å²) in [5, 5.41) is 9.32. The van der Waals surface area contributed by atoms with Crippen LogP contribution in [0.15, 0.2) is 34.9 Å². The minimum atomic E-state index is -1.15. The highest BCUT2D eigenvalue weighted by molar-refractivity contribution is 9.10. The number of nitrogens with zero attached hydrogens (tertiary/aromatic N) is 1. The lowest BCUT2D eigenvalue weighted by atomic mass is 10.2. The van der Waals surface area contributed by atoms with Crippen LogP contribution in [0.4, 0.5) is 5.69 Å². The molecule has 5 nitrogen and oxygen atoms in total. The number of aromatic nitrogens is 1. The lowest BCUT2D eigenvalue weighted by Crippen LogP contribution is -2.05. The number of aromatic carboxylic acids is 1. The van der Waals surface area contributed by atoms with Crippen LogP contribution in [0, 0.1) is 0 Å². The van der Waals surface area contributed by atoms with Gasteiger partial charge in [-0.3, -0.25) is 0 Å². The van der Waals surface area contributed by atoms with Crippen LogP contribution in [0.25, 0.3) is 0 Å². The van der Waals surface area contributed by atoms with Crippen molar-refractivity contribution in [3.63, 3.8) is 0 Å². The van der Waals surface area contributed by atoms with E-state index in [2.05, 4.69) is 20.9 Å². The zero-order valence-electron chi connectivity index (χ0n) is 9.43. The number of nitrogen functional groups attached to an aromatic ring is 1. The molecule has 7 heteroatoms. The van der Waals surface area contributed by atoms with E-state index in [0.717, 1.165) is 4.47 Å². The second kappa shape index (κ2) is 5.46. The Bertz CT molecular complexity index is 649. The monoisotopic (exact) mass is 342 g/mol. The summed E-state index contributed by atoms with van der Waals surface area (Å²) in [4.78, 5) is 14.9. The molecule has 2 rings (SSSR count). The van der Waals surface area contributed by atoms with E-state index >= 15 is 0 Å². The first-order chi connectivity index (χ1) is 8.99. The smallest absolute Gasteiger partial charge is 0.338 e. The molecule has 19 heavy (non-hydrogen) atoms. The predicted molar refractivity (Wildman–Crippen MR) is 74.8 cm³/mol. The van der Waals surface area contributed by atoms with E-state index in [1.165, 1.54) is 12.3 Å². The third kappa shape index (κ3) is 2.97. The Balaban J connectivity index is 2.41. The number of carboxylic acid groups (broad SMARTS) is 1. The predicted octanol–water partition coefficient (Wildman–Crippen LogP) is 3.57. The topological polar surface area (TPSA) is 85.4 Å². The Morgan fingerprint density at radius 2 is 2.16 bits per heavy atom. The summed E-state index contributed by atoms with van der Waals surface area (Å²) in [6.07, 6.45) is 1.31. The molecule has 3 N–H and O–H groups in total. The van der Waals surface area contributed by atoms with E-state index in [0.29, 0.717) is 10.8 Å². The van der Waals surface area contributed by atoms with Crippen molar-refractivity contribution in [2.75, 3.05) is 5.73 Å². The maximum atomic E-state index is 11.0. The van der Waals surface area contributed by atoms with Crippen molar-refractivity contribution in [3.05, 3.63) is 45.5 Å². The third-order valence-corrected chi connectivity index (χ3v) is 3.09. The van der Waals surface area contributed by atoms with Crippen molar-refractivity contribution in [3.8, 4) is 11.6 Å². The molecule has 98 valence electrons. The molecule has 0 radical (unpaired) electrons. The molecule has 0 aliphatic rings. The molecule has 0 aliphatic carbocycles. The summed E-state index contributed by atoms with van der Waals surface area (Å²) >= 11 is 9.25. The van der Waals surface area contributed by atoms with Crippen LogP contribution < -0.4 is 10.5 Å². The van der Waals surface area contributed by atoms with Gasteiger partial charge < -0.3 is 15.6 Å². The number of halogens is 2. The van der Waals surface area contributed by atoms with Gasteiger partial charge in [-0.05, 0) is 24.3 Å². The number of nitrogens with two attached hydrogens (primary N) is 1. The van der Waals surface area contributed by atoms with Crippen molar-refractivity contribution >= 4 is 39.2 Å². The molecule has 0 saturated carbocycles. The number of carbonyl (C=O) groups is 1. The Hall–Kier alpha value is -1.79. The zero-order chi connectivity index (χ0) is 14.0. The van der Waals surface area contributed by atoms with Crippen molar-refractivity contribution in [2.45, 2.75) is 0 Å². The number of hydrogen-bond acceptors (Lipinski definition) is 4. The average molecular weight is 344 g/mol. The molecule has 0 fully saturated rings. The van der Waals surface area contributed by atoms with Crippen LogP contribution in [-0.2, 0) is 0 Å². The Morgan fingerprint density at radius 3 is 2.84 bits per heavy atom. The van der Waals surface area contributed by atoms with Crippen LogP contribution in [0.5, 0.6) is 11.6 Å². The minimum Gasteiger partial charge on any atom is -0.478 e. The quantitative estimate of drug-likeness (QED) is 0.890. The Labute approximate surface area is 122 Å². The summed E-state index contributed by atoms with van der Waals surface area (Å²) in [7, 11) is 0. The Kier molecular flexibility index (Phi) is 3.92. The second-order valence-corrected chi connectivity index (χ2v) is 4.88. The van der Waals surface area contributed by atoms with Gasteiger partial charge in [-0.2, -0.15) is 0 Å². The second-order valence-electron chi connectivity index (χ2n) is 3.56. The zero-order valence-corrected chi connectivity index (χ0v) is 11.8. The van der Waals surface area contributed by atoms with Gasteiger partial charge in [0.05, 0.1) is 10.6 Å². The van der Waals surface area contributed by atoms with Gasteiger partial charge in [0.2, 0.25) is 5.88 Å². The molecule has 1 aromatic carbocycles. The molecule has 0 bridgehead atoms. The van der Waals surface area contributed by atoms with Crippen molar-refractivity contribution < 1.29 is 14.6 Å². The summed E-state index contributed by atoms with van der Waals surface area (Å²) in [5.41, 5.74) is 5.57. The summed E-state index contributed by atoms with van der Waals surface area (Å²) < 4.78 is 6.21. The molecule has 0 spiro atoms. The van der Waals surface area contributed by atoms with Crippen molar-refractivity contribution in [1.29, 1.82) is 0 Å². The fourth-order valence-corrected chi connectivity index (χ4v) is 1.88. The number of rotatable bonds is 3. The van der Waals surface area contributed by atoms with Gasteiger partial charge in [-0.15, -0.1) is 0 Å². The van der Waals surface area contributed by atoms with Gasteiger partial charge in [0.15, 0.2) is 0 Å². The molecule has 0 amide bonds. The first-order valence-corrected chi connectivity index (χ1v) is 6.27. The minimum absolute atomic E-state index is 0.0000926. The average Bonchev–Trinajstić information content (AvgIpc) is 2.36. The molecule has 1 aromatic heterocycles. The molecular weight excluding hydrogens is 336 g/mol. The van der Waals surface area contributed by atoms with E-state index < -0.39 is 5.97 Å². The molecule has 0 unspecified atom stereocenters. The van der Waals surface area contributed by atoms with Gasteiger partial charge in [-0.1, -0.05) is 27.5 Å². The summed E-state index contributed by atoms with van der Waals surface area (Å²) in [5.74, 6) is -0.817. The van der Waals surface area contributed by atoms with E-state index in [4.69, 9.17) is 27.2 Å². The lowest BCUT2D eigenvalue weighted by molar-refractivity contribution is 0.0697. The van der Waals surface area contributed by atoms with Gasteiger partial charge in [0.25, 0.3) is 0 Å². The first-order valence-electron chi connectivity index (χ1n) is 5.09. The number of ether oxygens (including phenoxy) is 1. The van der Waals surface area contributed by atoms with Crippen LogP contribution >= 0.6 is 27.5 Å². The molecule has 0 saturated heterocycles. The number of hydrogen-bond donors (Lipinski definition) is 2. The van der Waals surface area contributed by atoms with Gasteiger partial charge in [-0.25, -0.2) is 9.78 Å². The lowest BCUT2D eigenvalue weighted by Gasteiger charge is -2.10. The maximum Gasteiger partial charge on any atom is 0.338 e. The van der Waals surface area contributed by atoms with Crippen molar-refractivity contribution in [2.24, 2.45) is 0 Å². The standard InChI is InChI=1S/C12H8BrClN2O3/c13-6-1-2-8(14)9(5-6)19-11-10(15)7(12(17)18)3-4-16-11/h1-5H,15H2,(H,17,18). The third-order valence-electron chi connectivity index (χ3n) is 2.28. The van der Waals surface area contributed by atoms with Crippen LogP contribution in [0.2, 0.25) is 5.02 Å². The van der Waals surface area contributed by atoms with Crippen LogP contribution in [0.1, 0.15) is 10.4 Å². The highest BCUT2D eigenvalue weighted by atomic mass is 79.9. The molecule has 2 aromatic rings. The van der Waals surface area contributed by atoms with E-state index in [-0.39, 0.29) is 17.1 Å². The summed E-state index contributed by atoms with van der Waals surface area (Å²) in [6, 6.07) is 6.32. The highest BCUT2D eigenvalue weighted by Gasteiger charge is 2.15. The Morgan fingerprint density at radius 1 is 1.42 bits per heavy atom. The molecule has 0 aliphatic heterocycles. The van der Waals surface area contributed by atoms with E-state index in [9.17, 15) is 4.79 Å². The molecule has 0 atom stereocenters. The molecular formula is C12H8BrClN2O3. The molecule has 1 heterocycles. The van der Waals surface area contributed by atoms with Gasteiger partial charge in [0, 0.05) is 10.7 Å². The normalized spacial score (nSPS) is 10.2. The van der Waals surface area contributed by atoms with E-state index in [1.54, 1.807) is 18.2 Å². The fraction of sp³-hybridized carbons (Fsp3) is 0. The number of carboxylic acids is 1. The van der Waals surface area contributed by atoms with Gasteiger partial charge in [0.1, 0.15) is 11.4 Å². The highest BCUT2D eigenvalue weighted by Crippen LogP contribution is 2.34. The van der Waals surface area contributed by atoms with E-state index in [1.807, 2.05) is 0 Å². The van der Waals surface area contributed by atoms with Gasteiger partial charge >= 0.3 is 5.97 Å². The van der Waals surface area contributed by atoms with Crippen LogP contribution in [0.3, 0.4) is 0 Å². The fourth-order valence-electron chi connectivity index (χ4n) is 1.38. The maximum absolute atomic E-state index is 11.0.